The molecule has 0 aromatic carbocycles. The lowest BCUT2D eigenvalue weighted by molar-refractivity contribution is -0.132. The third-order valence-corrected chi connectivity index (χ3v) is 3.97. The minimum atomic E-state index is -0.725. The minimum absolute atomic E-state index is 0.0347. The third-order valence-electron chi connectivity index (χ3n) is 3.97. The molecule has 0 atom stereocenters. The van der Waals surface area contributed by atoms with Crippen molar-refractivity contribution in [3.8, 4) is 0 Å². The Balaban J connectivity index is 5.02. The summed E-state index contributed by atoms with van der Waals surface area (Å²) in [5.41, 5.74) is -0.725. The van der Waals surface area contributed by atoms with Crippen molar-refractivity contribution in [2.75, 3.05) is 52.9 Å². The molecular weight excluding hydrogens is 370 g/mol. The third kappa shape index (κ3) is 16.8. The summed E-state index contributed by atoms with van der Waals surface area (Å²) in [6.45, 7) is 20.4. The van der Waals surface area contributed by atoms with Crippen molar-refractivity contribution in [2.45, 2.75) is 67.3 Å². The minimum Gasteiger partial charge on any atom is -0.379 e. The highest BCUT2D eigenvalue weighted by Gasteiger charge is 2.34. The smallest absolute Gasteiger partial charge is 0.246 e. The number of hydrogen-bond acceptors (Lipinski definition) is 5. The molecule has 6 heteroatoms. The Kier molecular flexibility index (Phi) is 15.7. The molecule has 0 aliphatic rings. The fraction of sp³-hybridized carbons (Fsp3) is 0.957. The summed E-state index contributed by atoms with van der Waals surface area (Å²) in [4.78, 5) is 12.6. The van der Waals surface area contributed by atoms with Crippen LogP contribution in [-0.2, 0) is 23.7 Å². The molecular formula is C23H47NO5. The Morgan fingerprint density at radius 2 is 1.10 bits per heavy atom. The van der Waals surface area contributed by atoms with Crippen molar-refractivity contribution in [3.05, 3.63) is 0 Å². The SMILES string of the molecule is CC(C)CCOCC(=O)NC(COCC(C)C)(COCC(C)C)COCC(C)C. The Labute approximate surface area is 179 Å². The zero-order chi connectivity index (χ0) is 22.3. The first-order chi connectivity index (χ1) is 13.6. The van der Waals surface area contributed by atoms with Gasteiger partial charge >= 0.3 is 0 Å². The first-order valence-corrected chi connectivity index (χ1v) is 11.2. The topological polar surface area (TPSA) is 66.0 Å². The van der Waals surface area contributed by atoms with Gasteiger partial charge in [0, 0.05) is 26.4 Å². The molecule has 0 heterocycles. The average Bonchev–Trinajstić information content (AvgIpc) is 2.57. The van der Waals surface area contributed by atoms with Gasteiger partial charge in [-0.2, -0.15) is 0 Å². The molecule has 0 aliphatic carbocycles. The van der Waals surface area contributed by atoms with Crippen LogP contribution in [0.2, 0.25) is 0 Å². The predicted octanol–water partition coefficient (Wildman–Crippen LogP) is 3.92. The molecule has 0 spiro atoms. The Bertz CT molecular complexity index is 374. The van der Waals surface area contributed by atoms with Crippen LogP contribution in [0.25, 0.3) is 0 Å². The van der Waals surface area contributed by atoms with Crippen molar-refractivity contribution < 1.29 is 23.7 Å². The van der Waals surface area contributed by atoms with E-state index in [1.165, 1.54) is 0 Å². The first kappa shape index (κ1) is 28.3. The lowest BCUT2D eigenvalue weighted by Gasteiger charge is -2.35. The summed E-state index contributed by atoms with van der Waals surface area (Å²) >= 11 is 0. The maximum atomic E-state index is 12.6. The van der Waals surface area contributed by atoms with Crippen LogP contribution < -0.4 is 5.32 Å². The zero-order valence-electron chi connectivity index (χ0n) is 20.2. The second-order valence-electron chi connectivity index (χ2n) is 9.79. The molecule has 0 aromatic heterocycles. The number of amides is 1. The number of ether oxygens (including phenoxy) is 4. The van der Waals surface area contributed by atoms with E-state index in [0.29, 0.717) is 69.9 Å². The van der Waals surface area contributed by atoms with Crippen LogP contribution in [0.15, 0.2) is 0 Å². The Hall–Kier alpha value is -0.690. The standard InChI is InChI=1S/C23H47NO5/c1-18(2)9-10-26-14-22(25)24-23(15-27-11-19(3)4,16-28-12-20(5)6)17-29-13-21(7)8/h18-21H,9-17H2,1-8H3,(H,24,25). The van der Waals surface area contributed by atoms with Gasteiger partial charge in [0.15, 0.2) is 0 Å². The lowest BCUT2D eigenvalue weighted by atomic mass is 10.0. The van der Waals surface area contributed by atoms with E-state index >= 15 is 0 Å². The van der Waals surface area contributed by atoms with E-state index in [2.05, 4.69) is 60.7 Å². The summed E-state index contributed by atoms with van der Waals surface area (Å²) in [6.07, 6.45) is 0.935. The highest BCUT2D eigenvalue weighted by molar-refractivity contribution is 5.78. The van der Waals surface area contributed by atoms with E-state index in [9.17, 15) is 4.79 Å². The molecule has 174 valence electrons. The van der Waals surface area contributed by atoms with E-state index in [1.54, 1.807) is 0 Å². The first-order valence-electron chi connectivity index (χ1n) is 11.2. The van der Waals surface area contributed by atoms with Crippen molar-refractivity contribution in [1.29, 1.82) is 0 Å². The van der Waals surface area contributed by atoms with Crippen LogP contribution in [-0.4, -0.2) is 64.3 Å². The molecule has 0 radical (unpaired) electrons. The van der Waals surface area contributed by atoms with Crippen molar-refractivity contribution in [2.24, 2.45) is 23.7 Å². The van der Waals surface area contributed by atoms with E-state index < -0.39 is 5.54 Å². The van der Waals surface area contributed by atoms with Crippen LogP contribution in [0.5, 0.6) is 0 Å². The van der Waals surface area contributed by atoms with Gasteiger partial charge in [0.2, 0.25) is 5.91 Å². The normalized spacial score (nSPS) is 12.6. The van der Waals surface area contributed by atoms with Crippen molar-refractivity contribution >= 4 is 5.91 Å². The van der Waals surface area contributed by atoms with Gasteiger partial charge in [0.25, 0.3) is 0 Å². The molecule has 0 aromatic rings. The summed E-state index contributed by atoms with van der Waals surface area (Å²) in [5.74, 6) is 1.63. The van der Waals surface area contributed by atoms with Crippen LogP contribution in [0, 0.1) is 23.7 Å². The maximum Gasteiger partial charge on any atom is 0.246 e. The molecule has 0 aliphatic heterocycles. The Morgan fingerprint density at radius 1 is 0.690 bits per heavy atom. The van der Waals surface area contributed by atoms with E-state index in [0.717, 1.165) is 6.42 Å². The zero-order valence-corrected chi connectivity index (χ0v) is 20.2. The second-order valence-corrected chi connectivity index (χ2v) is 9.79. The number of hydrogen-bond donors (Lipinski definition) is 1. The quantitative estimate of drug-likeness (QED) is 0.342. The van der Waals surface area contributed by atoms with Gasteiger partial charge in [-0.05, 0) is 30.1 Å². The van der Waals surface area contributed by atoms with Crippen molar-refractivity contribution in [3.63, 3.8) is 0 Å². The van der Waals surface area contributed by atoms with Crippen LogP contribution in [0.1, 0.15) is 61.8 Å². The highest BCUT2D eigenvalue weighted by Crippen LogP contribution is 2.12. The van der Waals surface area contributed by atoms with E-state index in [1.807, 2.05) is 0 Å². The number of carbonyl (C=O) groups is 1. The summed E-state index contributed by atoms with van der Waals surface area (Å²) in [5, 5.41) is 3.10. The van der Waals surface area contributed by atoms with Gasteiger partial charge in [-0.1, -0.05) is 55.4 Å². The van der Waals surface area contributed by atoms with E-state index in [4.69, 9.17) is 18.9 Å². The van der Waals surface area contributed by atoms with Gasteiger partial charge in [0.05, 0.1) is 19.8 Å². The van der Waals surface area contributed by atoms with Gasteiger partial charge in [-0.3, -0.25) is 4.79 Å². The monoisotopic (exact) mass is 417 g/mol. The second kappa shape index (κ2) is 16.1. The maximum absolute atomic E-state index is 12.6. The molecule has 1 N–H and O–H groups in total. The summed E-state index contributed by atoms with van der Waals surface area (Å²) in [7, 11) is 0. The molecule has 0 bridgehead atoms. The number of carbonyl (C=O) groups excluding carboxylic acids is 1. The summed E-state index contributed by atoms with van der Waals surface area (Å²) in [6, 6.07) is 0. The number of rotatable bonds is 18. The molecule has 0 rings (SSSR count). The molecule has 1 amide bonds. The van der Waals surface area contributed by atoms with E-state index in [-0.39, 0.29) is 12.5 Å². The summed E-state index contributed by atoms with van der Waals surface area (Å²) < 4.78 is 23.3. The van der Waals surface area contributed by atoms with Crippen LogP contribution in [0.3, 0.4) is 0 Å². The van der Waals surface area contributed by atoms with Crippen molar-refractivity contribution in [1.82, 2.24) is 5.32 Å². The van der Waals surface area contributed by atoms with Crippen LogP contribution >= 0.6 is 0 Å². The van der Waals surface area contributed by atoms with Gasteiger partial charge in [-0.25, -0.2) is 0 Å². The predicted molar refractivity (Wildman–Crippen MR) is 118 cm³/mol. The highest BCUT2D eigenvalue weighted by atomic mass is 16.5. The fourth-order valence-electron chi connectivity index (χ4n) is 2.52. The molecule has 0 saturated carbocycles. The van der Waals surface area contributed by atoms with Gasteiger partial charge < -0.3 is 24.3 Å². The van der Waals surface area contributed by atoms with Crippen LogP contribution in [0.4, 0.5) is 0 Å². The van der Waals surface area contributed by atoms with Gasteiger partial charge in [0.1, 0.15) is 12.1 Å². The number of nitrogens with one attached hydrogen (secondary N) is 1. The molecule has 0 unspecified atom stereocenters. The average molecular weight is 418 g/mol. The Morgan fingerprint density at radius 3 is 1.45 bits per heavy atom. The largest absolute Gasteiger partial charge is 0.379 e. The van der Waals surface area contributed by atoms with Gasteiger partial charge in [-0.15, -0.1) is 0 Å². The fourth-order valence-corrected chi connectivity index (χ4v) is 2.52. The molecule has 6 nitrogen and oxygen atoms in total. The molecule has 29 heavy (non-hydrogen) atoms. The molecule has 0 saturated heterocycles. The molecule has 0 fully saturated rings. The lowest BCUT2D eigenvalue weighted by Crippen LogP contribution is -2.59.